The average molecular weight is 405 g/mol. The molecule has 0 fully saturated rings. The van der Waals surface area contributed by atoms with Crippen LogP contribution in [0.2, 0.25) is 0 Å². The van der Waals surface area contributed by atoms with Crippen LogP contribution in [-0.2, 0) is 0 Å². The van der Waals surface area contributed by atoms with Crippen LogP contribution in [0.5, 0.6) is 11.5 Å². The fourth-order valence-corrected chi connectivity index (χ4v) is 2.61. The molecule has 0 saturated carbocycles. The molecular formula is C23H23N3O4. The second kappa shape index (κ2) is 9.09. The van der Waals surface area contributed by atoms with Crippen molar-refractivity contribution < 1.29 is 19.1 Å². The number of carbonyl (C=O) groups excluding carboxylic acids is 2. The lowest BCUT2D eigenvalue weighted by Crippen LogP contribution is -2.25. The summed E-state index contributed by atoms with van der Waals surface area (Å²) in [7, 11) is 6.51. The predicted octanol–water partition coefficient (Wildman–Crippen LogP) is 4.53. The van der Waals surface area contributed by atoms with Gasteiger partial charge in [-0.1, -0.05) is 36.4 Å². The lowest BCUT2D eigenvalue weighted by Gasteiger charge is -2.13. The van der Waals surface area contributed by atoms with Crippen molar-refractivity contribution in [1.82, 2.24) is 14.8 Å². The van der Waals surface area contributed by atoms with Crippen LogP contribution >= 0.6 is 0 Å². The average Bonchev–Trinajstić information content (AvgIpc) is 2.74. The third kappa shape index (κ3) is 4.94. The van der Waals surface area contributed by atoms with E-state index in [0.29, 0.717) is 17.0 Å². The topological polar surface area (TPSA) is 72.0 Å². The molecule has 3 rings (SSSR count). The number of hydrogen-bond donors (Lipinski definition) is 0. The molecule has 0 radical (unpaired) electrons. The Kier molecular flexibility index (Phi) is 6.32. The second-order valence-corrected chi connectivity index (χ2v) is 6.98. The number of fused-ring (bicyclic) bond motifs is 1. The zero-order valence-electron chi connectivity index (χ0n) is 17.3. The predicted molar refractivity (Wildman–Crippen MR) is 117 cm³/mol. The first-order valence-electron chi connectivity index (χ1n) is 9.29. The van der Waals surface area contributed by atoms with Crippen molar-refractivity contribution in [2.45, 2.75) is 0 Å². The van der Waals surface area contributed by atoms with Crippen molar-refractivity contribution in [2.75, 3.05) is 28.2 Å². The van der Waals surface area contributed by atoms with E-state index >= 15 is 0 Å². The van der Waals surface area contributed by atoms with Gasteiger partial charge in [0.05, 0.1) is 0 Å². The largest absolute Gasteiger partial charge is 0.414 e. The van der Waals surface area contributed by atoms with Crippen LogP contribution in [0.4, 0.5) is 9.59 Å². The summed E-state index contributed by atoms with van der Waals surface area (Å²) in [6.07, 6.45) is 4.69. The molecule has 1 heterocycles. The molecule has 0 saturated heterocycles. The summed E-state index contributed by atoms with van der Waals surface area (Å²) in [5.41, 5.74) is 2.49. The first kappa shape index (κ1) is 20.9. The van der Waals surface area contributed by atoms with Crippen LogP contribution < -0.4 is 9.47 Å². The Morgan fingerprint density at radius 3 is 2.17 bits per heavy atom. The van der Waals surface area contributed by atoms with Gasteiger partial charge in [-0.3, -0.25) is 4.98 Å². The number of benzene rings is 2. The van der Waals surface area contributed by atoms with E-state index in [9.17, 15) is 9.59 Å². The summed E-state index contributed by atoms with van der Waals surface area (Å²) in [5.74, 6) is 0.890. The summed E-state index contributed by atoms with van der Waals surface area (Å²) < 4.78 is 10.6. The normalized spacial score (nSPS) is 10.8. The first-order valence-corrected chi connectivity index (χ1v) is 9.29. The minimum atomic E-state index is -0.458. The van der Waals surface area contributed by atoms with E-state index in [2.05, 4.69) is 4.98 Å². The summed E-state index contributed by atoms with van der Waals surface area (Å²) in [6, 6.07) is 14.6. The molecule has 0 spiro atoms. The molecule has 0 bridgehead atoms. The molecule has 0 aliphatic heterocycles. The van der Waals surface area contributed by atoms with Gasteiger partial charge in [0.15, 0.2) is 5.75 Å². The van der Waals surface area contributed by atoms with E-state index in [1.54, 1.807) is 52.6 Å². The number of ether oxygens (including phenoxy) is 2. The molecule has 7 nitrogen and oxygen atoms in total. The standard InChI is InChI=1S/C23H23N3O4/c1-25(2)22(27)29-18-12-8-16(9-13-18)7-10-17-11-14-20(30-23(28)26(3)4)21-19(17)6-5-15-24-21/h5-15H,1-4H3/b10-7+. The van der Waals surface area contributed by atoms with E-state index in [1.165, 1.54) is 9.80 Å². The Labute approximate surface area is 175 Å². The fraction of sp³-hybridized carbons (Fsp3) is 0.174. The van der Waals surface area contributed by atoms with Gasteiger partial charge in [-0.05, 0) is 35.4 Å². The van der Waals surface area contributed by atoms with Crippen LogP contribution in [0, 0.1) is 0 Å². The van der Waals surface area contributed by atoms with E-state index < -0.39 is 12.2 Å². The Balaban J connectivity index is 1.83. The molecule has 0 aliphatic carbocycles. The minimum absolute atomic E-state index is 0.411. The third-order valence-corrected chi connectivity index (χ3v) is 4.23. The van der Waals surface area contributed by atoms with Crippen LogP contribution in [0.25, 0.3) is 23.1 Å². The quantitative estimate of drug-likeness (QED) is 0.597. The van der Waals surface area contributed by atoms with Crippen molar-refractivity contribution in [2.24, 2.45) is 0 Å². The van der Waals surface area contributed by atoms with Gasteiger partial charge in [-0.2, -0.15) is 0 Å². The van der Waals surface area contributed by atoms with Gasteiger partial charge in [0.25, 0.3) is 0 Å². The van der Waals surface area contributed by atoms with Gasteiger partial charge in [-0.25, -0.2) is 9.59 Å². The first-order chi connectivity index (χ1) is 14.3. The molecule has 154 valence electrons. The summed E-state index contributed by atoms with van der Waals surface area (Å²) in [4.78, 5) is 30.6. The summed E-state index contributed by atoms with van der Waals surface area (Å²) in [5, 5.41) is 0.870. The maximum Gasteiger partial charge on any atom is 0.414 e. The molecule has 30 heavy (non-hydrogen) atoms. The number of hydrogen-bond acceptors (Lipinski definition) is 5. The highest BCUT2D eigenvalue weighted by atomic mass is 16.6. The minimum Gasteiger partial charge on any atom is -0.410 e. The lowest BCUT2D eigenvalue weighted by atomic mass is 10.1. The van der Waals surface area contributed by atoms with Crippen molar-refractivity contribution in [3.05, 3.63) is 65.9 Å². The van der Waals surface area contributed by atoms with Gasteiger partial charge in [0, 0.05) is 39.8 Å². The molecule has 7 heteroatoms. The zero-order chi connectivity index (χ0) is 21.7. The fourth-order valence-electron chi connectivity index (χ4n) is 2.61. The Morgan fingerprint density at radius 2 is 1.50 bits per heavy atom. The Bertz CT molecular complexity index is 1090. The summed E-state index contributed by atoms with van der Waals surface area (Å²) in [6.45, 7) is 0. The number of aromatic nitrogens is 1. The van der Waals surface area contributed by atoms with Crippen molar-refractivity contribution in [3.8, 4) is 11.5 Å². The Hall–Kier alpha value is -3.87. The number of rotatable bonds is 4. The van der Waals surface area contributed by atoms with Crippen molar-refractivity contribution in [3.63, 3.8) is 0 Å². The van der Waals surface area contributed by atoms with Crippen LogP contribution in [0.3, 0.4) is 0 Å². The zero-order valence-corrected chi connectivity index (χ0v) is 17.3. The molecule has 2 aromatic carbocycles. The number of nitrogens with zero attached hydrogens (tertiary/aromatic N) is 3. The highest BCUT2D eigenvalue weighted by molar-refractivity contribution is 5.95. The lowest BCUT2D eigenvalue weighted by molar-refractivity contribution is 0.171. The molecule has 0 aliphatic rings. The van der Waals surface area contributed by atoms with Crippen LogP contribution in [-0.4, -0.2) is 55.2 Å². The van der Waals surface area contributed by atoms with Gasteiger partial charge in [0.1, 0.15) is 11.3 Å². The Morgan fingerprint density at radius 1 is 0.833 bits per heavy atom. The maximum atomic E-state index is 11.9. The van der Waals surface area contributed by atoms with E-state index in [4.69, 9.17) is 9.47 Å². The monoisotopic (exact) mass is 405 g/mol. The smallest absolute Gasteiger partial charge is 0.410 e. The third-order valence-electron chi connectivity index (χ3n) is 4.23. The number of amides is 2. The SMILES string of the molecule is CN(C)C(=O)Oc1ccc(/C=C/c2ccc(OC(=O)N(C)C)c3ncccc23)cc1. The molecule has 3 aromatic rings. The summed E-state index contributed by atoms with van der Waals surface area (Å²) >= 11 is 0. The van der Waals surface area contributed by atoms with Gasteiger partial charge < -0.3 is 19.3 Å². The molecule has 2 amide bonds. The molecule has 0 unspecified atom stereocenters. The van der Waals surface area contributed by atoms with E-state index in [-0.39, 0.29) is 0 Å². The number of pyridine rings is 1. The molecular weight excluding hydrogens is 382 g/mol. The van der Waals surface area contributed by atoms with Gasteiger partial charge in [-0.15, -0.1) is 0 Å². The van der Waals surface area contributed by atoms with Crippen LogP contribution in [0.1, 0.15) is 11.1 Å². The van der Waals surface area contributed by atoms with Gasteiger partial charge in [0.2, 0.25) is 0 Å². The molecule has 1 aromatic heterocycles. The maximum absolute atomic E-state index is 11.9. The van der Waals surface area contributed by atoms with E-state index in [0.717, 1.165) is 16.5 Å². The van der Waals surface area contributed by atoms with E-state index in [1.807, 2.05) is 42.5 Å². The highest BCUT2D eigenvalue weighted by Gasteiger charge is 2.12. The highest BCUT2D eigenvalue weighted by Crippen LogP contribution is 2.28. The van der Waals surface area contributed by atoms with Crippen LogP contribution in [0.15, 0.2) is 54.7 Å². The second-order valence-electron chi connectivity index (χ2n) is 6.98. The van der Waals surface area contributed by atoms with Crippen molar-refractivity contribution >= 4 is 35.2 Å². The van der Waals surface area contributed by atoms with Gasteiger partial charge >= 0.3 is 12.2 Å². The van der Waals surface area contributed by atoms with Crippen molar-refractivity contribution in [1.29, 1.82) is 0 Å². The number of carbonyl (C=O) groups is 2. The molecule has 0 atom stereocenters. The molecule has 0 N–H and O–H groups in total.